The first-order chi connectivity index (χ1) is 18.5. The lowest BCUT2D eigenvalue weighted by Gasteiger charge is -2.20. The summed E-state index contributed by atoms with van der Waals surface area (Å²) in [6.45, 7) is 5.14. The summed E-state index contributed by atoms with van der Waals surface area (Å²) in [5.74, 6) is 0.671. The molecule has 38 heavy (non-hydrogen) atoms. The van der Waals surface area contributed by atoms with E-state index in [9.17, 15) is 9.59 Å². The molecule has 0 bridgehead atoms. The maximum absolute atomic E-state index is 13.3. The van der Waals surface area contributed by atoms with E-state index < -0.39 is 11.5 Å². The zero-order chi connectivity index (χ0) is 26.6. The first-order valence-corrected chi connectivity index (χ1v) is 13.2. The van der Waals surface area contributed by atoms with Crippen LogP contribution in [0.1, 0.15) is 49.2 Å². The van der Waals surface area contributed by atoms with Crippen LogP contribution in [0.4, 0.5) is 17.2 Å². The summed E-state index contributed by atoms with van der Waals surface area (Å²) in [5, 5.41) is 5.71. The van der Waals surface area contributed by atoms with Crippen LogP contribution < -0.4 is 15.8 Å². The van der Waals surface area contributed by atoms with Gasteiger partial charge in [-0.15, -0.1) is 0 Å². The molecule has 0 saturated carbocycles. The number of para-hydroxylation sites is 1. The van der Waals surface area contributed by atoms with Gasteiger partial charge in [0.2, 0.25) is 0 Å². The molecule has 194 valence electrons. The van der Waals surface area contributed by atoms with E-state index in [1.165, 1.54) is 15.8 Å². The Morgan fingerprint density at radius 3 is 2.58 bits per heavy atom. The number of fused-ring (bicyclic) bond motifs is 3. The molecule has 2 aromatic carbocycles. The third kappa shape index (κ3) is 4.79. The molecule has 0 aliphatic rings. The lowest BCUT2D eigenvalue weighted by atomic mass is 10.1. The average Bonchev–Trinajstić information content (AvgIpc) is 3.26. The van der Waals surface area contributed by atoms with Crippen LogP contribution >= 0.6 is 0 Å². The van der Waals surface area contributed by atoms with Gasteiger partial charge < -0.3 is 19.2 Å². The molecule has 0 fully saturated rings. The number of amides is 1. The number of nitrogens with one attached hydrogen (secondary N) is 1. The van der Waals surface area contributed by atoms with Gasteiger partial charge in [-0.25, -0.2) is 9.78 Å². The fourth-order valence-electron chi connectivity index (χ4n) is 4.96. The molecule has 1 amide bonds. The van der Waals surface area contributed by atoms with Crippen LogP contribution in [0.25, 0.3) is 21.8 Å². The van der Waals surface area contributed by atoms with Gasteiger partial charge in [-0.3, -0.25) is 4.79 Å². The van der Waals surface area contributed by atoms with Crippen LogP contribution in [-0.4, -0.2) is 22.5 Å². The second-order valence-electron chi connectivity index (χ2n) is 9.41. The molecule has 5 rings (SSSR count). The number of carbonyl (C=O) groups is 1. The van der Waals surface area contributed by atoms with E-state index in [0.29, 0.717) is 23.7 Å². The van der Waals surface area contributed by atoms with E-state index in [2.05, 4.69) is 59.0 Å². The Labute approximate surface area is 221 Å². The van der Waals surface area contributed by atoms with Gasteiger partial charge in [0, 0.05) is 53.7 Å². The molecule has 0 radical (unpaired) electrons. The molecule has 0 aliphatic carbocycles. The number of carbonyl (C=O) groups excluding carboxylic acids is 1. The van der Waals surface area contributed by atoms with Gasteiger partial charge in [0.05, 0.1) is 5.69 Å². The summed E-state index contributed by atoms with van der Waals surface area (Å²) in [4.78, 5) is 31.9. The average molecular weight is 509 g/mol. The molecule has 0 atom stereocenters. The summed E-state index contributed by atoms with van der Waals surface area (Å²) >= 11 is 0. The zero-order valence-electron chi connectivity index (χ0n) is 22.0. The molecule has 7 heteroatoms. The number of nitrogens with zero attached hydrogens (tertiary/aromatic N) is 3. The molecule has 1 N–H and O–H groups in total. The fraction of sp³-hybridized carbons (Fsp3) is 0.258. The number of hydrogen-bond acceptors (Lipinski definition) is 5. The van der Waals surface area contributed by atoms with E-state index in [4.69, 9.17) is 4.42 Å². The van der Waals surface area contributed by atoms with E-state index in [1.807, 2.05) is 12.1 Å². The van der Waals surface area contributed by atoms with Crippen molar-refractivity contribution in [2.24, 2.45) is 0 Å². The minimum Gasteiger partial charge on any atom is -0.427 e. The number of anilines is 3. The van der Waals surface area contributed by atoms with Gasteiger partial charge >= 0.3 is 5.63 Å². The van der Waals surface area contributed by atoms with Crippen LogP contribution in [0.3, 0.4) is 0 Å². The zero-order valence-corrected chi connectivity index (χ0v) is 22.0. The highest BCUT2D eigenvalue weighted by atomic mass is 16.4. The highest BCUT2D eigenvalue weighted by molar-refractivity contribution is 6.10. The van der Waals surface area contributed by atoms with E-state index in [0.717, 1.165) is 42.4 Å². The van der Waals surface area contributed by atoms with Crippen molar-refractivity contribution in [1.29, 1.82) is 0 Å². The number of rotatable bonds is 9. The van der Waals surface area contributed by atoms with Crippen LogP contribution in [0.5, 0.6) is 0 Å². The topological polar surface area (TPSA) is 80.4 Å². The second-order valence-corrected chi connectivity index (χ2v) is 9.41. The molecule has 0 unspecified atom stereocenters. The fourth-order valence-corrected chi connectivity index (χ4v) is 4.96. The molecular weight excluding hydrogens is 476 g/mol. The highest BCUT2D eigenvalue weighted by Crippen LogP contribution is 2.33. The maximum atomic E-state index is 13.3. The predicted octanol–water partition coefficient (Wildman–Crippen LogP) is 6.92. The number of aromatic nitrogens is 2. The van der Waals surface area contributed by atoms with Crippen molar-refractivity contribution < 1.29 is 9.21 Å². The smallest absolute Gasteiger partial charge is 0.348 e. The van der Waals surface area contributed by atoms with Crippen molar-refractivity contribution in [1.82, 2.24) is 9.55 Å². The van der Waals surface area contributed by atoms with Crippen molar-refractivity contribution >= 4 is 44.9 Å². The van der Waals surface area contributed by atoms with E-state index >= 15 is 0 Å². The first kappa shape index (κ1) is 25.3. The number of benzene rings is 2. The molecule has 5 aromatic rings. The predicted molar refractivity (Wildman–Crippen MR) is 154 cm³/mol. The number of aryl methyl sites for hydroxylation is 2. The molecule has 3 heterocycles. The Kier molecular flexibility index (Phi) is 7.26. The van der Waals surface area contributed by atoms with Gasteiger partial charge in [-0.1, -0.05) is 38.0 Å². The maximum Gasteiger partial charge on any atom is 0.348 e. The van der Waals surface area contributed by atoms with Gasteiger partial charge in [0.15, 0.2) is 5.82 Å². The van der Waals surface area contributed by atoms with Crippen LogP contribution in [-0.2, 0) is 13.0 Å². The Bertz CT molecular complexity index is 1670. The second kappa shape index (κ2) is 10.9. The number of pyridine rings is 1. The largest absolute Gasteiger partial charge is 0.427 e. The van der Waals surface area contributed by atoms with Crippen molar-refractivity contribution in [3.05, 3.63) is 94.7 Å². The Hall–Kier alpha value is -4.39. The highest BCUT2D eigenvalue weighted by Gasteiger charge is 2.21. The molecular formula is C31H32N4O3. The molecule has 0 spiro atoms. The Morgan fingerprint density at radius 2 is 1.79 bits per heavy atom. The molecule has 7 nitrogen and oxygen atoms in total. The van der Waals surface area contributed by atoms with Crippen LogP contribution in [0.15, 0.2) is 82.1 Å². The normalized spacial score (nSPS) is 11.2. The van der Waals surface area contributed by atoms with E-state index in [1.54, 1.807) is 37.5 Å². The number of unbranched alkanes of at least 4 members (excludes halogenated alkanes) is 2. The van der Waals surface area contributed by atoms with Gasteiger partial charge in [-0.2, -0.15) is 0 Å². The lowest BCUT2D eigenvalue weighted by molar-refractivity contribution is 0.0989. The minimum atomic E-state index is -0.619. The minimum absolute atomic E-state index is 0.00432. The van der Waals surface area contributed by atoms with Crippen molar-refractivity contribution in [3.63, 3.8) is 0 Å². The van der Waals surface area contributed by atoms with Crippen molar-refractivity contribution in [2.75, 3.05) is 17.3 Å². The third-order valence-electron chi connectivity index (χ3n) is 6.94. The number of hydrogen-bond donors (Lipinski definition) is 1. The first-order valence-electron chi connectivity index (χ1n) is 13.2. The summed E-state index contributed by atoms with van der Waals surface area (Å²) in [6.07, 6.45) is 5.46. The van der Waals surface area contributed by atoms with Gasteiger partial charge in [0.25, 0.3) is 5.91 Å². The third-order valence-corrected chi connectivity index (χ3v) is 6.94. The quantitative estimate of drug-likeness (QED) is 0.219. The lowest BCUT2D eigenvalue weighted by Crippen LogP contribution is -2.31. The summed E-state index contributed by atoms with van der Waals surface area (Å²) in [6, 6.07) is 21.5. The standard InChI is InChI=1S/C31H32N4O3/c1-4-6-7-11-22-16-17-24(31(37)38-22)30(36)34(3)28-14-10-19-32-29(28)33-21-15-18-27-25(20-21)23-12-8-9-13-26(23)35(27)5-2/h8-10,12-20H,4-7,11H2,1-3H3,(H,32,33). The molecule has 3 aromatic heterocycles. The van der Waals surface area contributed by atoms with E-state index in [-0.39, 0.29) is 5.56 Å². The summed E-state index contributed by atoms with van der Waals surface area (Å²) in [5.41, 5.74) is 3.15. The Balaban J connectivity index is 1.43. The Morgan fingerprint density at radius 1 is 0.974 bits per heavy atom. The molecule has 0 saturated heterocycles. The summed E-state index contributed by atoms with van der Waals surface area (Å²) < 4.78 is 7.74. The monoisotopic (exact) mass is 508 g/mol. The van der Waals surface area contributed by atoms with Crippen LogP contribution in [0.2, 0.25) is 0 Å². The van der Waals surface area contributed by atoms with Gasteiger partial charge in [0.1, 0.15) is 11.3 Å². The SMILES string of the molecule is CCCCCc1ccc(C(=O)N(C)c2cccnc2Nc2ccc3c(c2)c2ccccc2n3CC)c(=O)o1. The van der Waals surface area contributed by atoms with Crippen molar-refractivity contribution in [3.8, 4) is 0 Å². The van der Waals surface area contributed by atoms with Gasteiger partial charge in [-0.05, 0) is 61.9 Å². The van der Waals surface area contributed by atoms with Crippen molar-refractivity contribution in [2.45, 2.75) is 46.1 Å². The summed E-state index contributed by atoms with van der Waals surface area (Å²) in [7, 11) is 1.64. The molecule has 0 aliphatic heterocycles. The van der Waals surface area contributed by atoms with Crippen LogP contribution in [0, 0.1) is 0 Å².